The molecule has 0 atom stereocenters. The molecule has 0 aliphatic rings. The standard InChI is InChI=1S/C19H15F3N4O4/c1-11-8-15(26-30-11)25-16(27)10-29-18(28)14-6-3-7-23-17(14)24-13-5-2-4-12(9-13)19(20,21)22/h2-9H,10H2,1H3,(H,23,24)(H,25,26,27). The smallest absolute Gasteiger partial charge is 0.416 e. The van der Waals surface area contributed by atoms with Crippen LogP contribution in [0.4, 0.5) is 30.5 Å². The van der Waals surface area contributed by atoms with Crippen molar-refractivity contribution < 1.29 is 32.0 Å². The molecule has 0 saturated carbocycles. The summed E-state index contributed by atoms with van der Waals surface area (Å²) in [5.41, 5.74) is -0.830. The molecular weight excluding hydrogens is 405 g/mol. The quantitative estimate of drug-likeness (QED) is 0.582. The zero-order chi connectivity index (χ0) is 21.7. The van der Waals surface area contributed by atoms with E-state index in [2.05, 4.69) is 20.8 Å². The third kappa shape index (κ3) is 5.34. The minimum absolute atomic E-state index is 0.0191. The van der Waals surface area contributed by atoms with Crippen LogP contribution in [-0.2, 0) is 15.7 Å². The molecule has 3 aromatic rings. The molecule has 2 heterocycles. The van der Waals surface area contributed by atoms with Crippen LogP contribution < -0.4 is 10.6 Å². The highest BCUT2D eigenvalue weighted by Gasteiger charge is 2.30. The molecule has 30 heavy (non-hydrogen) atoms. The zero-order valence-corrected chi connectivity index (χ0v) is 15.5. The molecule has 0 fully saturated rings. The van der Waals surface area contributed by atoms with E-state index in [1.165, 1.54) is 36.5 Å². The first kappa shape index (κ1) is 20.8. The number of carbonyl (C=O) groups is 2. The Balaban J connectivity index is 1.67. The number of alkyl halides is 3. The van der Waals surface area contributed by atoms with Crippen LogP contribution in [0.3, 0.4) is 0 Å². The van der Waals surface area contributed by atoms with Crippen LogP contribution in [0.2, 0.25) is 0 Å². The Morgan fingerprint density at radius 3 is 2.67 bits per heavy atom. The lowest BCUT2D eigenvalue weighted by Gasteiger charge is -2.12. The first-order valence-electron chi connectivity index (χ1n) is 8.52. The van der Waals surface area contributed by atoms with Crippen molar-refractivity contribution in [2.24, 2.45) is 0 Å². The van der Waals surface area contributed by atoms with Crippen molar-refractivity contribution in [2.45, 2.75) is 13.1 Å². The minimum atomic E-state index is -4.51. The number of pyridine rings is 1. The Bertz CT molecular complexity index is 1070. The number of esters is 1. The van der Waals surface area contributed by atoms with Gasteiger partial charge in [-0.2, -0.15) is 13.2 Å². The van der Waals surface area contributed by atoms with E-state index in [-0.39, 0.29) is 22.9 Å². The van der Waals surface area contributed by atoms with Crippen molar-refractivity contribution in [3.8, 4) is 0 Å². The van der Waals surface area contributed by atoms with E-state index in [4.69, 9.17) is 9.26 Å². The number of aryl methyl sites for hydroxylation is 1. The zero-order valence-electron chi connectivity index (χ0n) is 15.5. The lowest BCUT2D eigenvalue weighted by Crippen LogP contribution is -2.21. The van der Waals surface area contributed by atoms with Crippen LogP contribution in [0.25, 0.3) is 0 Å². The van der Waals surface area contributed by atoms with Crippen LogP contribution in [0, 0.1) is 6.92 Å². The fraction of sp³-hybridized carbons (Fsp3) is 0.158. The van der Waals surface area contributed by atoms with Crippen LogP contribution in [0.1, 0.15) is 21.7 Å². The highest BCUT2D eigenvalue weighted by atomic mass is 19.4. The summed E-state index contributed by atoms with van der Waals surface area (Å²) in [7, 11) is 0. The number of hydrogen-bond donors (Lipinski definition) is 2. The second kappa shape index (κ2) is 8.64. The summed E-state index contributed by atoms with van der Waals surface area (Å²) in [6.45, 7) is 1.03. The van der Waals surface area contributed by atoms with Crippen molar-refractivity contribution in [3.63, 3.8) is 0 Å². The molecule has 3 rings (SSSR count). The second-order valence-electron chi connectivity index (χ2n) is 6.05. The van der Waals surface area contributed by atoms with E-state index in [1.807, 2.05) is 0 Å². The number of carbonyl (C=O) groups excluding carboxylic acids is 2. The van der Waals surface area contributed by atoms with Gasteiger partial charge in [-0.3, -0.25) is 4.79 Å². The number of rotatable bonds is 6. The van der Waals surface area contributed by atoms with E-state index in [0.717, 1.165) is 12.1 Å². The van der Waals surface area contributed by atoms with Gasteiger partial charge in [-0.1, -0.05) is 11.2 Å². The van der Waals surface area contributed by atoms with Crippen LogP contribution in [0.5, 0.6) is 0 Å². The normalized spacial score (nSPS) is 11.1. The van der Waals surface area contributed by atoms with Gasteiger partial charge in [0.25, 0.3) is 5.91 Å². The number of ether oxygens (including phenoxy) is 1. The number of nitrogens with one attached hydrogen (secondary N) is 2. The molecule has 0 aliphatic heterocycles. The molecule has 11 heteroatoms. The fourth-order valence-electron chi connectivity index (χ4n) is 2.39. The van der Waals surface area contributed by atoms with Crippen molar-refractivity contribution in [1.82, 2.24) is 10.1 Å². The lowest BCUT2D eigenvalue weighted by atomic mass is 10.2. The van der Waals surface area contributed by atoms with Gasteiger partial charge in [0.1, 0.15) is 17.1 Å². The molecule has 156 valence electrons. The topological polar surface area (TPSA) is 106 Å². The molecule has 2 aromatic heterocycles. The van der Waals surface area contributed by atoms with Crippen LogP contribution >= 0.6 is 0 Å². The molecule has 1 amide bonds. The molecule has 0 radical (unpaired) electrons. The van der Waals surface area contributed by atoms with Gasteiger partial charge >= 0.3 is 12.1 Å². The first-order chi connectivity index (χ1) is 14.2. The van der Waals surface area contributed by atoms with Gasteiger partial charge < -0.3 is 19.9 Å². The summed E-state index contributed by atoms with van der Waals surface area (Å²) in [6, 6.07) is 8.73. The number of halogens is 3. The SMILES string of the molecule is Cc1cc(NC(=O)COC(=O)c2cccnc2Nc2cccc(C(F)(F)F)c2)no1. The molecule has 0 saturated heterocycles. The van der Waals surface area contributed by atoms with E-state index < -0.39 is 30.2 Å². The van der Waals surface area contributed by atoms with Gasteiger partial charge in [0.05, 0.1) is 5.56 Å². The maximum absolute atomic E-state index is 12.9. The molecule has 0 bridgehead atoms. The molecule has 2 N–H and O–H groups in total. The Kier molecular flexibility index (Phi) is 6.00. The number of nitrogens with zero attached hydrogens (tertiary/aromatic N) is 2. The Morgan fingerprint density at radius 2 is 1.97 bits per heavy atom. The summed E-state index contributed by atoms with van der Waals surface area (Å²) in [4.78, 5) is 28.2. The van der Waals surface area contributed by atoms with E-state index in [1.54, 1.807) is 6.92 Å². The monoisotopic (exact) mass is 420 g/mol. The maximum Gasteiger partial charge on any atom is 0.416 e. The van der Waals surface area contributed by atoms with Gasteiger partial charge in [0, 0.05) is 18.0 Å². The van der Waals surface area contributed by atoms with Crippen molar-refractivity contribution in [1.29, 1.82) is 0 Å². The maximum atomic E-state index is 12.9. The average Bonchev–Trinajstić information content (AvgIpc) is 3.10. The van der Waals surface area contributed by atoms with Crippen LogP contribution in [-0.4, -0.2) is 28.6 Å². The molecule has 0 aliphatic carbocycles. The van der Waals surface area contributed by atoms with Gasteiger partial charge in [0.15, 0.2) is 12.4 Å². The van der Waals surface area contributed by atoms with Gasteiger partial charge in [-0.25, -0.2) is 9.78 Å². The Hall–Kier alpha value is -3.89. The molecular formula is C19H15F3N4O4. The fourth-order valence-corrected chi connectivity index (χ4v) is 2.39. The largest absolute Gasteiger partial charge is 0.452 e. The van der Waals surface area contributed by atoms with Gasteiger partial charge in [-0.05, 0) is 37.3 Å². The molecule has 0 spiro atoms. The number of anilines is 3. The van der Waals surface area contributed by atoms with E-state index >= 15 is 0 Å². The molecule has 1 aromatic carbocycles. The number of benzene rings is 1. The minimum Gasteiger partial charge on any atom is -0.452 e. The van der Waals surface area contributed by atoms with Crippen molar-refractivity contribution in [3.05, 3.63) is 65.5 Å². The predicted molar refractivity (Wildman–Crippen MR) is 99.1 cm³/mol. The molecule has 0 unspecified atom stereocenters. The summed E-state index contributed by atoms with van der Waals surface area (Å²) < 4.78 is 48.4. The van der Waals surface area contributed by atoms with Crippen LogP contribution in [0.15, 0.2) is 53.2 Å². The van der Waals surface area contributed by atoms with E-state index in [0.29, 0.717) is 5.76 Å². The number of aromatic nitrogens is 2. The third-order valence-corrected chi connectivity index (χ3v) is 3.71. The van der Waals surface area contributed by atoms with Crippen molar-refractivity contribution >= 4 is 29.2 Å². The third-order valence-electron chi connectivity index (χ3n) is 3.71. The highest BCUT2D eigenvalue weighted by molar-refractivity contribution is 5.98. The van der Waals surface area contributed by atoms with Gasteiger partial charge in [-0.15, -0.1) is 0 Å². The lowest BCUT2D eigenvalue weighted by molar-refractivity contribution is -0.137. The first-order valence-corrected chi connectivity index (χ1v) is 8.52. The molecule has 8 nitrogen and oxygen atoms in total. The van der Waals surface area contributed by atoms with Gasteiger partial charge in [0.2, 0.25) is 0 Å². The number of hydrogen-bond acceptors (Lipinski definition) is 7. The summed E-state index contributed by atoms with van der Waals surface area (Å²) in [5, 5.41) is 8.63. The second-order valence-corrected chi connectivity index (χ2v) is 6.05. The number of amides is 1. The predicted octanol–water partition coefficient (Wildman–Crippen LogP) is 3.94. The average molecular weight is 420 g/mol. The van der Waals surface area contributed by atoms with Crippen molar-refractivity contribution in [2.75, 3.05) is 17.2 Å². The van der Waals surface area contributed by atoms with E-state index in [9.17, 15) is 22.8 Å². The summed E-state index contributed by atoms with van der Waals surface area (Å²) in [5.74, 6) is -0.892. The summed E-state index contributed by atoms with van der Waals surface area (Å²) >= 11 is 0. The Morgan fingerprint density at radius 1 is 1.17 bits per heavy atom. The Labute approximate surface area is 168 Å². The summed E-state index contributed by atoms with van der Waals surface area (Å²) in [6.07, 6.45) is -3.16. The highest BCUT2D eigenvalue weighted by Crippen LogP contribution is 2.31.